The normalized spacial score (nSPS) is 15.0. The van der Waals surface area contributed by atoms with Crippen LogP contribution < -0.4 is 10.1 Å². The zero-order valence-electron chi connectivity index (χ0n) is 14.8. The summed E-state index contributed by atoms with van der Waals surface area (Å²) >= 11 is 0. The van der Waals surface area contributed by atoms with E-state index in [1.807, 2.05) is 29.2 Å². The van der Waals surface area contributed by atoms with E-state index in [1.54, 1.807) is 7.11 Å². The van der Waals surface area contributed by atoms with Crippen LogP contribution in [0.5, 0.6) is 5.75 Å². The predicted molar refractivity (Wildman–Crippen MR) is 101 cm³/mol. The molecule has 1 aliphatic rings. The number of carbonyl (C=O) groups is 1. The average Bonchev–Trinajstić information content (AvgIpc) is 2.68. The Morgan fingerprint density at radius 2 is 1.76 bits per heavy atom. The van der Waals surface area contributed by atoms with Crippen LogP contribution in [-0.4, -0.2) is 31.1 Å². The summed E-state index contributed by atoms with van der Waals surface area (Å²) in [5.74, 6) is 1.39. The lowest BCUT2D eigenvalue weighted by Gasteiger charge is -2.32. The van der Waals surface area contributed by atoms with Crippen molar-refractivity contribution in [2.24, 2.45) is 5.92 Å². The third-order valence-electron chi connectivity index (χ3n) is 4.93. The van der Waals surface area contributed by atoms with E-state index in [-0.39, 0.29) is 6.03 Å². The summed E-state index contributed by atoms with van der Waals surface area (Å²) in [5.41, 5.74) is 2.13. The van der Waals surface area contributed by atoms with Gasteiger partial charge in [-0.1, -0.05) is 42.5 Å². The highest BCUT2D eigenvalue weighted by Gasteiger charge is 2.23. The van der Waals surface area contributed by atoms with Crippen molar-refractivity contribution in [1.82, 2.24) is 4.90 Å². The van der Waals surface area contributed by atoms with Crippen LogP contribution in [0, 0.1) is 5.92 Å². The molecule has 2 aromatic rings. The van der Waals surface area contributed by atoms with Crippen molar-refractivity contribution in [3.05, 3.63) is 60.2 Å². The van der Waals surface area contributed by atoms with Crippen LogP contribution in [0.3, 0.4) is 0 Å². The fourth-order valence-corrected chi connectivity index (χ4v) is 3.38. The van der Waals surface area contributed by atoms with Gasteiger partial charge in [-0.25, -0.2) is 4.79 Å². The molecule has 1 heterocycles. The van der Waals surface area contributed by atoms with Crippen LogP contribution in [0.2, 0.25) is 0 Å². The molecule has 0 atom stereocenters. The quantitative estimate of drug-likeness (QED) is 0.867. The molecule has 1 saturated heterocycles. The summed E-state index contributed by atoms with van der Waals surface area (Å²) < 4.78 is 5.29. The van der Waals surface area contributed by atoms with E-state index in [1.165, 1.54) is 12.0 Å². The Balaban J connectivity index is 1.46. The van der Waals surface area contributed by atoms with E-state index < -0.39 is 0 Å². The van der Waals surface area contributed by atoms with E-state index in [0.717, 1.165) is 38.0 Å². The molecule has 1 aliphatic heterocycles. The highest BCUT2D eigenvalue weighted by molar-refractivity contribution is 5.91. The molecule has 1 fully saturated rings. The summed E-state index contributed by atoms with van der Waals surface area (Å²) in [6.45, 7) is 1.64. The molecule has 0 unspecified atom stereocenters. The van der Waals surface area contributed by atoms with E-state index in [0.29, 0.717) is 11.7 Å². The maximum atomic E-state index is 12.5. The Labute approximate surface area is 149 Å². The van der Waals surface area contributed by atoms with Crippen LogP contribution in [0.15, 0.2) is 54.6 Å². The summed E-state index contributed by atoms with van der Waals surface area (Å²) in [6.07, 6.45) is 4.48. The number of benzene rings is 2. The molecule has 2 amide bonds. The third kappa shape index (κ3) is 4.75. The molecule has 0 bridgehead atoms. The third-order valence-corrected chi connectivity index (χ3v) is 4.93. The van der Waals surface area contributed by atoms with Crippen LogP contribution in [-0.2, 0) is 6.42 Å². The highest BCUT2D eigenvalue weighted by atomic mass is 16.5. The largest absolute Gasteiger partial charge is 0.495 e. The molecule has 2 aromatic carbocycles. The van der Waals surface area contributed by atoms with Crippen molar-refractivity contribution in [2.45, 2.75) is 25.7 Å². The molecule has 1 N–H and O–H groups in total. The molecule has 0 radical (unpaired) electrons. The topological polar surface area (TPSA) is 41.6 Å². The van der Waals surface area contributed by atoms with E-state index in [4.69, 9.17) is 4.74 Å². The number of hydrogen-bond donors (Lipinski definition) is 1. The number of para-hydroxylation sites is 2. The number of ether oxygens (including phenoxy) is 1. The van der Waals surface area contributed by atoms with E-state index in [2.05, 4.69) is 35.6 Å². The van der Waals surface area contributed by atoms with Crippen LogP contribution in [0.25, 0.3) is 0 Å². The standard InChI is InChI=1S/C21H26N2O2/c1-25-20-10-6-5-9-19(20)22-21(24)23-15-13-18(14-16-23)12-11-17-7-3-2-4-8-17/h2-10,18H,11-16H2,1H3,(H,22,24). The van der Waals surface area contributed by atoms with Gasteiger partial charge in [-0.3, -0.25) is 0 Å². The molecule has 132 valence electrons. The number of likely N-dealkylation sites (tertiary alicyclic amines) is 1. The van der Waals surface area contributed by atoms with Gasteiger partial charge in [0.15, 0.2) is 0 Å². The molecule has 4 nitrogen and oxygen atoms in total. The number of urea groups is 1. The number of nitrogens with one attached hydrogen (secondary N) is 1. The molecule has 0 saturated carbocycles. The van der Waals surface area contributed by atoms with Crippen molar-refractivity contribution >= 4 is 11.7 Å². The van der Waals surface area contributed by atoms with E-state index in [9.17, 15) is 4.79 Å². The van der Waals surface area contributed by atoms with Crippen molar-refractivity contribution in [1.29, 1.82) is 0 Å². The number of methoxy groups -OCH3 is 1. The summed E-state index contributed by atoms with van der Waals surface area (Å²) in [6, 6.07) is 18.1. The van der Waals surface area contributed by atoms with Gasteiger partial charge in [-0.15, -0.1) is 0 Å². The second-order valence-corrected chi connectivity index (χ2v) is 6.59. The number of anilines is 1. The Hall–Kier alpha value is -2.49. The number of nitrogens with zero attached hydrogens (tertiary/aromatic N) is 1. The number of piperidine rings is 1. The second-order valence-electron chi connectivity index (χ2n) is 6.59. The molecule has 0 aromatic heterocycles. The van der Waals surface area contributed by atoms with Gasteiger partial charge in [0.1, 0.15) is 5.75 Å². The fraction of sp³-hybridized carbons (Fsp3) is 0.381. The monoisotopic (exact) mass is 338 g/mol. The predicted octanol–water partition coefficient (Wildman–Crippen LogP) is 4.57. The minimum atomic E-state index is -0.0361. The van der Waals surface area contributed by atoms with Gasteiger partial charge in [0.05, 0.1) is 12.8 Å². The molecule has 3 rings (SSSR count). The first-order valence-corrected chi connectivity index (χ1v) is 8.99. The van der Waals surface area contributed by atoms with Gasteiger partial charge < -0.3 is 15.0 Å². The van der Waals surface area contributed by atoms with E-state index >= 15 is 0 Å². The van der Waals surface area contributed by atoms with Crippen LogP contribution >= 0.6 is 0 Å². The minimum absolute atomic E-state index is 0.0361. The summed E-state index contributed by atoms with van der Waals surface area (Å²) in [7, 11) is 1.61. The Morgan fingerprint density at radius 3 is 2.48 bits per heavy atom. The molecule has 4 heteroatoms. The average molecular weight is 338 g/mol. The van der Waals surface area contributed by atoms with Crippen molar-refractivity contribution < 1.29 is 9.53 Å². The summed E-state index contributed by atoms with van der Waals surface area (Å²) in [4.78, 5) is 14.4. The SMILES string of the molecule is COc1ccccc1NC(=O)N1CCC(CCc2ccccc2)CC1. The van der Waals surface area contributed by atoms with Gasteiger partial charge in [-0.05, 0) is 49.3 Å². The first-order valence-electron chi connectivity index (χ1n) is 8.99. The lowest BCUT2D eigenvalue weighted by atomic mass is 9.90. The van der Waals surface area contributed by atoms with Gasteiger partial charge in [0.2, 0.25) is 0 Å². The number of hydrogen-bond acceptors (Lipinski definition) is 2. The fourth-order valence-electron chi connectivity index (χ4n) is 3.38. The maximum absolute atomic E-state index is 12.5. The van der Waals surface area contributed by atoms with Gasteiger partial charge >= 0.3 is 6.03 Å². The first kappa shape index (κ1) is 17.3. The van der Waals surface area contributed by atoms with Crippen molar-refractivity contribution in [2.75, 3.05) is 25.5 Å². The van der Waals surface area contributed by atoms with Crippen molar-refractivity contribution in [3.63, 3.8) is 0 Å². The highest BCUT2D eigenvalue weighted by Crippen LogP contribution is 2.26. The zero-order valence-corrected chi connectivity index (χ0v) is 14.8. The number of amides is 2. The Morgan fingerprint density at radius 1 is 1.08 bits per heavy atom. The lowest BCUT2D eigenvalue weighted by molar-refractivity contribution is 0.180. The lowest BCUT2D eigenvalue weighted by Crippen LogP contribution is -2.41. The zero-order chi connectivity index (χ0) is 17.5. The van der Waals surface area contributed by atoms with Gasteiger partial charge in [-0.2, -0.15) is 0 Å². The number of rotatable bonds is 5. The maximum Gasteiger partial charge on any atom is 0.321 e. The second kappa shape index (κ2) is 8.56. The summed E-state index contributed by atoms with van der Waals surface area (Å²) in [5, 5.41) is 2.97. The Bertz CT molecular complexity index is 679. The number of carbonyl (C=O) groups excluding carboxylic acids is 1. The van der Waals surface area contributed by atoms with Gasteiger partial charge in [0.25, 0.3) is 0 Å². The van der Waals surface area contributed by atoms with Crippen LogP contribution in [0.4, 0.5) is 10.5 Å². The van der Waals surface area contributed by atoms with Crippen molar-refractivity contribution in [3.8, 4) is 5.75 Å². The molecular weight excluding hydrogens is 312 g/mol. The molecule has 0 aliphatic carbocycles. The van der Waals surface area contributed by atoms with Crippen LogP contribution in [0.1, 0.15) is 24.8 Å². The smallest absolute Gasteiger partial charge is 0.321 e. The molecule has 0 spiro atoms. The molecular formula is C21H26N2O2. The first-order chi connectivity index (χ1) is 12.3. The minimum Gasteiger partial charge on any atom is -0.495 e. The molecule has 25 heavy (non-hydrogen) atoms. The Kier molecular flexibility index (Phi) is 5.94. The van der Waals surface area contributed by atoms with Gasteiger partial charge in [0, 0.05) is 13.1 Å². The number of aryl methyl sites for hydroxylation is 1.